The van der Waals surface area contributed by atoms with Crippen LogP contribution < -0.4 is 15.4 Å². The lowest BCUT2D eigenvalue weighted by atomic mass is 10.1. The number of nitrogens with zero attached hydrogens (tertiary/aromatic N) is 3. The van der Waals surface area contributed by atoms with Crippen LogP contribution in [0.2, 0.25) is 5.02 Å². The van der Waals surface area contributed by atoms with Crippen LogP contribution in [0.1, 0.15) is 50.6 Å². The van der Waals surface area contributed by atoms with Gasteiger partial charge in [-0.3, -0.25) is 14.4 Å². The largest absolute Gasteiger partial charge is 0.491 e. The van der Waals surface area contributed by atoms with Crippen LogP contribution in [0.15, 0.2) is 54.7 Å². The van der Waals surface area contributed by atoms with Crippen molar-refractivity contribution in [1.29, 1.82) is 0 Å². The van der Waals surface area contributed by atoms with Crippen molar-refractivity contribution in [1.82, 2.24) is 25.5 Å². The lowest BCUT2D eigenvalue weighted by Crippen LogP contribution is -2.47. The van der Waals surface area contributed by atoms with Crippen LogP contribution in [0.5, 0.6) is 5.75 Å². The van der Waals surface area contributed by atoms with Crippen molar-refractivity contribution in [2.45, 2.75) is 39.2 Å². The Balaban J connectivity index is 1.59. The number of carbonyl (C=O) groups is 3. The highest BCUT2D eigenvalue weighted by Gasteiger charge is 2.24. The Hall–Kier alpha value is -3.98. The molecule has 3 amide bonds. The van der Waals surface area contributed by atoms with Gasteiger partial charge in [0.15, 0.2) is 0 Å². The zero-order valence-corrected chi connectivity index (χ0v) is 22.8. The Morgan fingerprint density at radius 1 is 1.13 bits per heavy atom. The molecular weight excluding hydrogens is 518 g/mol. The Labute approximate surface area is 232 Å². The minimum absolute atomic E-state index is 0.113. The molecule has 1 aliphatic rings. The molecule has 1 atom stereocenters. The number of hydrogen-bond acceptors (Lipinski definition) is 6. The maximum absolute atomic E-state index is 13.4. The minimum Gasteiger partial charge on any atom is -0.491 e. The molecule has 2 aromatic carbocycles. The van der Waals surface area contributed by atoms with Gasteiger partial charge in [0.25, 0.3) is 11.8 Å². The van der Waals surface area contributed by atoms with Gasteiger partial charge < -0.3 is 20.3 Å². The standard InChI is InChI=1S/C29H32ClN5O4/c1-19-25(16-32-20(2)33-19)29(38)35-13-7-6-12-31-28(37)24-15-22(30)10-11-26(24)39-18-23(34-27(36)17-35)14-21-8-4-3-5-9-21/h3-5,8-11,15-16,23H,6-7,12-14,17-18H2,1-2H3,(H,31,37)(H,34,36)/t23-/m1/s1. The molecule has 0 fully saturated rings. The van der Waals surface area contributed by atoms with Crippen molar-refractivity contribution in [2.24, 2.45) is 0 Å². The second-order valence-electron chi connectivity index (χ2n) is 9.51. The molecule has 0 spiro atoms. The second-order valence-corrected chi connectivity index (χ2v) is 9.95. The van der Waals surface area contributed by atoms with Gasteiger partial charge in [0, 0.05) is 24.3 Å². The zero-order valence-electron chi connectivity index (χ0n) is 22.1. The smallest absolute Gasteiger partial charge is 0.257 e. The SMILES string of the molecule is Cc1ncc(C(=O)N2CCCCNC(=O)c3cc(Cl)ccc3OC[C@@H](Cc3ccccc3)NC(=O)C2)c(C)n1. The van der Waals surface area contributed by atoms with Gasteiger partial charge in [-0.05, 0) is 56.9 Å². The fourth-order valence-corrected chi connectivity index (χ4v) is 4.61. The number of ether oxygens (including phenoxy) is 1. The number of aryl methyl sites for hydroxylation is 2. The first-order chi connectivity index (χ1) is 18.8. The van der Waals surface area contributed by atoms with Crippen LogP contribution in [0.25, 0.3) is 0 Å². The van der Waals surface area contributed by atoms with E-state index < -0.39 is 6.04 Å². The predicted molar refractivity (Wildman–Crippen MR) is 148 cm³/mol. The highest BCUT2D eigenvalue weighted by molar-refractivity contribution is 6.31. The number of amides is 3. The van der Waals surface area contributed by atoms with Crippen molar-refractivity contribution < 1.29 is 19.1 Å². The van der Waals surface area contributed by atoms with E-state index in [-0.39, 0.29) is 30.9 Å². The lowest BCUT2D eigenvalue weighted by Gasteiger charge is -2.25. The van der Waals surface area contributed by atoms with Crippen molar-refractivity contribution in [3.63, 3.8) is 0 Å². The fourth-order valence-electron chi connectivity index (χ4n) is 4.43. The van der Waals surface area contributed by atoms with Gasteiger partial charge in [-0.1, -0.05) is 41.9 Å². The van der Waals surface area contributed by atoms with Gasteiger partial charge in [-0.15, -0.1) is 0 Å². The highest BCUT2D eigenvalue weighted by atomic mass is 35.5. The maximum atomic E-state index is 13.4. The molecule has 1 aliphatic heterocycles. The van der Waals surface area contributed by atoms with E-state index in [9.17, 15) is 14.4 Å². The molecule has 0 saturated carbocycles. The van der Waals surface area contributed by atoms with Crippen molar-refractivity contribution in [3.8, 4) is 5.75 Å². The number of halogens is 1. The van der Waals surface area contributed by atoms with Crippen LogP contribution in [0, 0.1) is 13.8 Å². The van der Waals surface area contributed by atoms with E-state index >= 15 is 0 Å². The summed E-state index contributed by atoms with van der Waals surface area (Å²) in [7, 11) is 0. The molecule has 3 aromatic rings. The first-order valence-corrected chi connectivity index (χ1v) is 13.3. The first-order valence-electron chi connectivity index (χ1n) is 12.9. The normalized spacial score (nSPS) is 17.1. The summed E-state index contributed by atoms with van der Waals surface area (Å²) in [6.45, 7) is 4.22. The summed E-state index contributed by atoms with van der Waals surface area (Å²) in [5, 5.41) is 6.36. The molecule has 0 unspecified atom stereocenters. The van der Waals surface area contributed by atoms with Crippen LogP contribution in [-0.2, 0) is 11.2 Å². The number of fused-ring (bicyclic) bond motifs is 1. The first kappa shape index (κ1) is 28.0. The van der Waals surface area contributed by atoms with Crippen molar-refractivity contribution >= 4 is 29.3 Å². The minimum atomic E-state index is -0.419. The number of carbonyl (C=O) groups excluding carboxylic acids is 3. The van der Waals surface area contributed by atoms with Gasteiger partial charge in [-0.2, -0.15) is 0 Å². The van der Waals surface area contributed by atoms with Crippen molar-refractivity contribution in [3.05, 3.63) is 88.0 Å². The Morgan fingerprint density at radius 2 is 1.92 bits per heavy atom. The zero-order chi connectivity index (χ0) is 27.8. The van der Waals surface area contributed by atoms with Gasteiger partial charge in [0.2, 0.25) is 5.91 Å². The van der Waals surface area contributed by atoms with E-state index in [0.29, 0.717) is 65.8 Å². The molecule has 204 valence electrons. The summed E-state index contributed by atoms with van der Waals surface area (Å²) in [4.78, 5) is 49.6. The summed E-state index contributed by atoms with van der Waals surface area (Å²) in [5.41, 5.74) is 2.26. The lowest BCUT2D eigenvalue weighted by molar-refractivity contribution is -0.122. The van der Waals surface area contributed by atoms with E-state index in [1.165, 1.54) is 11.1 Å². The monoisotopic (exact) mass is 549 g/mol. The molecule has 0 saturated heterocycles. The molecule has 1 aromatic heterocycles. The van der Waals surface area contributed by atoms with Crippen LogP contribution in [-0.4, -0.2) is 64.9 Å². The Bertz CT molecular complexity index is 1330. The second kappa shape index (κ2) is 13.2. The molecular formula is C29H32ClN5O4. The fraction of sp³-hybridized carbons (Fsp3) is 0.345. The molecule has 4 rings (SSSR count). The topological polar surface area (TPSA) is 114 Å². The Morgan fingerprint density at radius 3 is 2.69 bits per heavy atom. The summed E-state index contributed by atoms with van der Waals surface area (Å²) in [5.74, 6) is 0.0330. The molecule has 10 heteroatoms. The average molecular weight is 550 g/mol. The quantitative estimate of drug-likeness (QED) is 0.517. The molecule has 2 heterocycles. The number of hydrogen-bond donors (Lipinski definition) is 2. The van der Waals surface area contributed by atoms with Crippen LogP contribution in [0.4, 0.5) is 0 Å². The third kappa shape index (κ3) is 7.77. The number of rotatable bonds is 3. The number of benzene rings is 2. The van der Waals surface area contributed by atoms with E-state index in [4.69, 9.17) is 16.3 Å². The summed E-state index contributed by atoms with van der Waals surface area (Å²) in [6, 6.07) is 14.2. The molecule has 0 bridgehead atoms. The van der Waals surface area contributed by atoms with E-state index in [1.807, 2.05) is 30.3 Å². The highest BCUT2D eigenvalue weighted by Crippen LogP contribution is 2.23. The van der Waals surface area contributed by atoms with Gasteiger partial charge in [0.05, 0.1) is 29.4 Å². The van der Waals surface area contributed by atoms with E-state index in [2.05, 4.69) is 20.6 Å². The summed E-state index contributed by atoms with van der Waals surface area (Å²) in [6.07, 6.45) is 3.19. The van der Waals surface area contributed by atoms with Gasteiger partial charge >= 0.3 is 0 Å². The molecule has 39 heavy (non-hydrogen) atoms. The third-order valence-electron chi connectivity index (χ3n) is 6.41. The Kier molecular flexibility index (Phi) is 9.49. The third-order valence-corrected chi connectivity index (χ3v) is 6.64. The molecule has 9 nitrogen and oxygen atoms in total. The summed E-state index contributed by atoms with van der Waals surface area (Å²) < 4.78 is 6.06. The predicted octanol–water partition coefficient (Wildman–Crippen LogP) is 3.52. The molecule has 0 radical (unpaired) electrons. The number of aromatic nitrogens is 2. The van der Waals surface area contributed by atoms with Gasteiger partial charge in [0.1, 0.15) is 18.2 Å². The van der Waals surface area contributed by atoms with Crippen LogP contribution >= 0.6 is 11.6 Å². The summed E-state index contributed by atoms with van der Waals surface area (Å²) >= 11 is 6.17. The average Bonchev–Trinajstić information content (AvgIpc) is 2.91. The van der Waals surface area contributed by atoms with Gasteiger partial charge in [-0.25, -0.2) is 9.97 Å². The molecule has 0 aliphatic carbocycles. The maximum Gasteiger partial charge on any atom is 0.257 e. The van der Waals surface area contributed by atoms with Crippen LogP contribution in [0.3, 0.4) is 0 Å². The number of nitrogens with one attached hydrogen (secondary N) is 2. The molecule has 2 N–H and O–H groups in total. The van der Waals surface area contributed by atoms with Crippen molar-refractivity contribution in [2.75, 3.05) is 26.2 Å². The van der Waals surface area contributed by atoms with E-state index in [0.717, 1.165) is 5.56 Å². The van der Waals surface area contributed by atoms with E-state index in [1.54, 1.807) is 32.0 Å².